The molecule has 1 unspecified atom stereocenters. The van der Waals surface area contributed by atoms with E-state index in [0.717, 1.165) is 32.8 Å². The Balaban J connectivity index is 2.15. The van der Waals surface area contributed by atoms with E-state index in [9.17, 15) is 0 Å². The van der Waals surface area contributed by atoms with Crippen molar-refractivity contribution in [3.05, 3.63) is 0 Å². The van der Waals surface area contributed by atoms with Gasteiger partial charge in [-0.2, -0.15) is 0 Å². The van der Waals surface area contributed by atoms with Gasteiger partial charge in [-0.15, -0.1) is 0 Å². The third-order valence-electron chi connectivity index (χ3n) is 3.56. The van der Waals surface area contributed by atoms with E-state index in [2.05, 4.69) is 19.2 Å². The van der Waals surface area contributed by atoms with Crippen LogP contribution in [0.25, 0.3) is 0 Å². The van der Waals surface area contributed by atoms with Gasteiger partial charge in [0.2, 0.25) is 0 Å². The summed E-state index contributed by atoms with van der Waals surface area (Å²) in [6.45, 7) is 7.96. The first kappa shape index (κ1) is 13.9. The van der Waals surface area contributed by atoms with Gasteiger partial charge in [0.15, 0.2) is 0 Å². The van der Waals surface area contributed by atoms with E-state index in [-0.39, 0.29) is 0 Å². The normalized spacial score (nSPS) is 19.7. The second-order valence-corrected chi connectivity index (χ2v) is 4.89. The van der Waals surface area contributed by atoms with Crippen molar-refractivity contribution in [1.82, 2.24) is 5.32 Å². The molecule has 96 valence electrons. The van der Waals surface area contributed by atoms with Crippen LogP contribution < -0.4 is 5.32 Å². The van der Waals surface area contributed by atoms with E-state index in [0.29, 0.717) is 11.5 Å². The Labute approximate surface area is 99.9 Å². The fourth-order valence-corrected chi connectivity index (χ4v) is 2.01. The Morgan fingerprint density at radius 1 is 1.31 bits per heavy atom. The summed E-state index contributed by atoms with van der Waals surface area (Å²) in [5.41, 5.74) is 0.538. The minimum absolute atomic E-state index is 0.509. The zero-order valence-electron chi connectivity index (χ0n) is 11.1. The van der Waals surface area contributed by atoms with Crippen molar-refractivity contribution < 1.29 is 9.47 Å². The predicted molar refractivity (Wildman–Crippen MR) is 66.7 cm³/mol. The Kier molecular flexibility index (Phi) is 6.32. The molecular weight excluding hydrogens is 202 g/mol. The van der Waals surface area contributed by atoms with Crippen LogP contribution in [0.4, 0.5) is 0 Å². The topological polar surface area (TPSA) is 30.5 Å². The van der Waals surface area contributed by atoms with E-state index >= 15 is 0 Å². The summed E-state index contributed by atoms with van der Waals surface area (Å²) in [7, 11) is 1.77. The van der Waals surface area contributed by atoms with Crippen molar-refractivity contribution in [3.8, 4) is 0 Å². The molecule has 0 bridgehead atoms. The highest BCUT2D eigenvalue weighted by atomic mass is 16.5. The molecule has 0 saturated heterocycles. The SMILES string of the molecule is CCOCCC1(CNC(CC)COC)CC1. The summed E-state index contributed by atoms with van der Waals surface area (Å²) in [6, 6.07) is 0.509. The molecule has 0 radical (unpaired) electrons. The van der Waals surface area contributed by atoms with E-state index < -0.39 is 0 Å². The molecule has 1 atom stereocenters. The average Bonchev–Trinajstić information content (AvgIpc) is 3.05. The third kappa shape index (κ3) is 4.81. The molecule has 0 aromatic heterocycles. The zero-order valence-corrected chi connectivity index (χ0v) is 11.1. The summed E-state index contributed by atoms with van der Waals surface area (Å²) >= 11 is 0. The van der Waals surface area contributed by atoms with Crippen molar-refractivity contribution in [2.75, 3.05) is 33.5 Å². The second kappa shape index (κ2) is 7.25. The van der Waals surface area contributed by atoms with Gasteiger partial charge in [0, 0.05) is 32.9 Å². The van der Waals surface area contributed by atoms with Crippen LogP contribution in [0.1, 0.15) is 39.5 Å². The summed E-state index contributed by atoms with van der Waals surface area (Å²) in [5, 5.41) is 3.62. The van der Waals surface area contributed by atoms with Crippen LogP contribution in [-0.4, -0.2) is 39.5 Å². The summed E-state index contributed by atoms with van der Waals surface area (Å²) in [6.07, 6.45) is 5.06. The fourth-order valence-electron chi connectivity index (χ4n) is 2.01. The minimum atomic E-state index is 0.509. The Morgan fingerprint density at radius 3 is 2.56 bits per heavy atom. The highest BCUT2D eigenvalue weighted by molar-refractivity contribution is 4.95. The molecule has 0 heterocycles. The molecule has 0 spiro atoms. The maximum atomic E-state index is 5.44. The highest BCUT2D eigenvalue weighted by Gasteiger charge is 2.41. The van der Waals surface area contributed by atoms with Gasteiger partial charge in [0.1, 0.15) is 0 Å². The summed E-state index contributed by atoms with van der Waals surface area (Å²) < 4.78 is 10.6. The van der Waals surface area contributed by atoms with Crippen LogP contribution in [0.3, 0.4) is 0 Å². The maximum absolute atomic E-state index is 5.44. The quantitative estimate of drug-likeness (QED) is 0.583. The zero-order chi connectivity index (χ0) is 11.9. The number of methoxy groups -OCH3 is 1. The van der Waals surface area contributed by atoms with Crippen LogP contribution in [0.5, 0.6) is 0 Å². The molecule has 16 heavy (non-hydrogen) atoms. The van der Waals surface area contributed by atoms with E-state index in [4.69, 9.17) is 9.47 Å². The van der Waals surface area contributed by atoms with Gasteiger partial charge in [0.05, 0.1) is 6.61 Å². The molecule has 1 aliphatic carbocycles. The second-order valence-electron chi connectivity index (χ2n) is 4.89. The molecule has 1 N–H and O–H groups in total. The Hall–Kier alpha value is -0.120. The van der Waals surface area contributed by atoms with Gasteiger partial charge >= 0.3 is 0 Å². The maximum Gasteiger partial charge on any atom is 0.0615 e. The molecule has 1 aliphatic rings. The van der Waals surface area contributed by atoms with Crippen molar-refractivity contribution >= 4 is 0 Å². The summed E-state index contributed by atoms with van der Waals surface area (Å²) in [5.74, 6) is 0. The van der Waals surface area contributed by atoms with Crippen LogP contribution in [0.15, 0.2) is 0 Å². The standard InChI is InChI=1S/C13H27NO2/c1-4-12(10-15-3)14-11-13(6-7-13)8-9-16-5-2/h12,14H,4-11H2,1-3H3. The van der Waals surface area contributed by atoms with Crippen LogP contribution in [0.2, 0.25) is 0 Å². The average molecular weight is 229 g/mol. The first-order valence-electron chi connectivity index (χ1n) is 6.56. The van der Waals surface area contributed by atoms with E-state index in [1.807, 2.05) is 0 Å². The minimum Gasteiger partial charge on any atom is -0.383 e. The summed E-state index contributed by atoms with van der Waals surface area (Å²) in [4.78, 5) is 0. The predicted octanol–water partition coefficient (Wildman–Crippen LogP) is 2.21. The molecule has 3 nitrogen and oxygen atoms in total. The molecule has 1 fully saturated rings. The molecule has 1 saturated carbocycles. The lowest BCUT2D eigenvalue weighted by Crippen LogP contribution is -2.37. The van der Waals surface area contributed by atoms with Crippen LogP contribution in [0, 0.1) is 5.41 Å². The van der Waals surface area contributed by atoms with Crippen molar-refractivity contribution in [1.29, 1.82) is 0 Å². The lowest BCUT2D eigenvalue weighted by Gasteiger charge is -2.21. The molecule has 0 amide bonds. The molecular formula is C13H27NO2. The lowest BCUT2D eigenvalue weighted by atomic mass is 10.0. The third-order valence-corrected chi connectivity index (χ3v) is 3.56. The van der Waals surface area contributed by atoms with Crippen molar-refractivity contribution in [2.45, 2.75) is 45.6 Å². The smallest absolute Gasteiger partial charge is 0.0615 e. The molecule has 0 aromatic carbocycles. The molecule has 1 rings (SSSR count). The van der Waals surface area contributed by atoms with Gasteiger partial charge in [-0.25, -0.2) is 0 Å². The number of hydrogen-bond acceptors (Lipinski definition) is 3. The van der Waals surface area contributed by atoms with Crippen molar-refractivity contribution in [3.63, 3.8) is 0 Å². The van der Waals surface area contributed by atoms with Crippen LogP contribution in [-0.2, 0) is 9.47 Å². The molecule has 0 aromatic rings. The molecule has 3 heteroatoms. The number of nitrogens with one attached hydrogen (secondary N) is 1. The van der Waals surface area contributed by atoms with Crippen LogP contribution >= 0.6 is 0 Å². The fraction of sp³-hybridized carbons (Fsp3) is 1.00. The largest absolute Gasteiger partial charge is 0.383 e. The van der Waals surface area contributed by atoms with Gasteiger partial charge in [-0.3, -0.25) is 0 Å². The first-order valence-corrected chi connectivity index (χ1v) is 6.56. The number of rotatable bonds is 10. The molecule has 0 aliphatic heterocycles. The number of ether oxygens (including phenoxy) is 2. The van der Waals surface area contributed by atoms with Gasteiger partial charge < -0.3 is 14.8 Å². The Morgan fingerprint density at radius 2 is 2.06 bits per heavy atom. The van der Waals surface area contributed by atoms with Gasteiger partial charge in [-0.1, -0.05) is 6.92 Å². The van der Waals surface area contributed by atoms with E-state index in [1.165, 1.54) is 19.3 Å². The lowest BCUT2D eigenvalue weighted by molar-refractivity contribution is 0.123. The number of hydrogen-bond donors (Lipinski definition) is 1. The van der Waals surface area contributed by atoms with Gasteiger partial charge in [-0.05, 0) is 38.0 Å². The first-order chi connectivity index (χ1) is 7.76. The van der Waals surface area contributed by atoms with E-state index in [1.54, 1.807) is 7.11 Å². The van der Waals surface area contributed by atoms with Gasteiger partial charge in [0.25, 0.3) is 0 Å². The Bertz CT molecular complexity index is 181. The van der Waals surface area contributed by atoms with Crippen molar-refractivity contribution in [2.24, 2.45) is 5.41 Å². The highest BCUT2D eigenvalue weighted by Crippen LogP contribution is 2.48. The monoisotopic (exact) mass is 229 g/mol.